The van der Waals surface area contributed by atoms with E-state index in [4.69, 9.17) is 11.6 Å². The van der Waals surface area contributed by atoms with Crippen molar-refractivity contribution < 1.29 is 15.2 Å². The number of carboxylic acid groups (broad SMARTS) is 1. The average Bonchev–Trinajstić information content (AvgIpc) is 2.67. The highest BCUT2D eigenvalue weighted by Crippen LogP contribution is 2.24. The van der Waals surface area contributed by atoms with E-state index in [2.05, 4.69) is 0 Å². The summed E-state index contributed by atoms with van der Waals surface area (Å²) in [4.78, 5) is 10.9. The van der Waals surface area contributed by atoms with Crippen LogP contribution in [0.2, 0.25) is 5.02 Å². The Labute approximate surface area is 93.1 Å². The molecule has 15 heavy (non-hydrogen) atoms. The van der Waals surface area contributed by atoms with Gasteiger partial charge in [0, 0.05) is 17.0 Å². The molecule has 1 aromatic carbocycles. The largest absolute Gasteiger partial charge is 0.550 e. The summed E-state index contributed by atoms with van der Waals surface area (Å²) < 4.78 is 0. The number of quaternary nitrogens is 1. The number of carbonyl (C=O) groups excluding carboxylic acids is 1. The van der Waals surface area contributed by atoms with E-state index in [1.54, 1.807) is 12.1 Å². The summed E-state index contributed by atoms with van der Waals surface area (Å²) in [6.45, 7) is 0.839. The molecule has 0 aromatic heterocycles. The molecule has 0 radical (unpaired) electrons. The van der Waals surface area contributed by atoms with Gasteiger partial charge in [-0.15, -0.1) is 0 Å². The zero-order valence-corrected chi connectivity index (χ0v) is 8.91. The lowest BCUT2D eigenvalue weighted by Gasteiger charge is -2.17. The van der Waals surface area contributed by atoms with Crippen LogP contribution in [0.25, 0.3) is 0 Å². The first-order chi connectivity index (χ1) is 7.18. The van der Waals surface area contributed by atoms with Crippen LogP contribution in [0.15, 0.2) is 24.3 Å². The first kappa shape index (κ1) is 10.5. The normalized spacial score (nSPS) is 25.4. The summed E-state index contributed by atoms with van der Waals surface area (Å²) in [7, 11) is 0. The Balaban J connectivity index is 2.22. The van der Waals surface area contributed by atoms with Crippen LogP contribution < -0.4 is 10.4 Å². The highest BCUT2D eigenvalue weighted by atomic mass is 35.5. The second-order valence-corrected chi connectivity index (χ2v) is 4.25. The van der Waals surface area contributed by atoms with Crippen molar-refractivity contribution in [3.05, 3.63) is 34.9 Å². The van der Waals surface area contributed by atoms with E-state index in [0.29, 0.717) is 11.4 Å². The number of nitrogens with two attached hydrogens (primary N) is 1. The predicted octanol–water partition coefficient (Wildman–Crippen LogP) is -0.286. The van der Waals surface area contributed by atoms with E-state index >= 15 is 0 Å². The summed E-state index contributed by atoms with van der Waals surface area (Å²) >= 11 is 5.78. The molecular formula is C11H12ClNO2. The summed E-state index contributed by atoms with van der Waals surface area (Å²) in [5, 5.41) is 13.6. The van der Waals surface area contributed by atoms with Crippen molar-refractivity contribution in [2.75, 3.05) is 6.54 Å². The van der Waals surface area contributed by atoms with E-state index in [-0.39, 0.29) is 12.0 Å². The molecule has 2 N–H and O–H groups in total. The van der Waals surface area contributed by atoms with E-state index in [1.165, 1.54) is 0 Å². The summed E-state index contributed by atoms with van der Waals surface area (Å²) in [6.07, 6.45) is 0.676. The maximum atomic E-state index is 10.9. The van der Waals surface area contributed by atoms with Gasteiger partial charge in [-0.1, -0.05) is 23.7 Å². The van der Waals surface area contributed by atoms with Crippen molar-refractivity contribution >= 4 is 17.6 Å². The van der Waals surface area contributed by atoms with E-state index in [0.717, 1.165) is 12.1 Å². The quantitative estimate of drug-likeness (QED) is 0.753. The maximum absolute atomic E-state index is 10.9. The van der Waals surface area contributed by atoms with Gasteiger partial charge >= 0.3 is 0 Å². The Bertz CT molecular complexity index is 363. The Morgan fingerprint density at radius 2 is 2.07 bits per heavy atom. The van der Waals surface area contributed by atoms with Crippen molar-refractivity contribution in [1.82, 2.24) is 0 Å². The lowest BCUT2D eigenvalue weighted by molar-refractivity contribution is -0.679. The molecule has 1 heterocycles. The van der Waals surface area contributed by atoms with Crippen LogP contribution in [0.3, 0.4) is 0 Å². The van der Waals surface area contributed by atoms with Gasteiger partial charge in [-0.05, 0) is 12.1 Å². The summed E-state index contributed by atoms with van der Waals surface area (Å²) in [6, 6.07) is 7.31. The molecule has 4 heteroatoms. The predicted molar refractivity (Wildman–Crippen MR) is 54.1 cm³/mol. The third-order valence-corrected chi connectivity index (χ3v) is 3.14. The lowest BCUT2D eigenvalue weighted by Crippen LogP contribution is -2.82. The fourth-order valence-corrected chi connectivity index (χ4v) is 2.24. The molecule has 0 unspecified atom stereocenters. The average molecular weight is 226 g/mol. The maximum Gasteiger partial charge on any atom is 0.120 e. The van der Waals surface area contributed by atoms with Gasteiger partial charge in [-0.3, -0.25) is 0 Å². The second kappa shape index (κ2) is 4.21. The van der Waals surface area contributed by atoms with Crippen LogP contribution in [-0.2, 0) is 4.79 Å². The molecule has 2 rings (SSSR count). The molecule has 80 valence electrons. The van der Waals surface area contributed by atoms with Gasteiger partial charge < -0.3 is 15.2 Å². The van der Waals surface area contributed by atoms with E-state index in [1.807, 2.05) is 17.4 Å². The Morgan fingerprint density at radius 1 is 1.40 bits per heavy atom. The molecule has 3 nitrogen and oxygen atoms in total. The van der Waals surface area contributed by atoms with Gasteiger partial charge in [-0.25, -0.2) is 0 Å². The molecule has 0 saturated carbocycles. The van der Waals surface area contributed by atoms with Crippen molar-refractivity contribution in [2.45, 2.75) is 12.5 Å². The third kappa shape index (κ3) is 2.13. The zero-order chi connectivity index (χ0) is 10.8. The van der Waals surface area contributed by atoms with Crippen LogP contribution in [0.4, 0.5) is 0 Å². The van der Waals surface area contributed by atoms with Crippen molar-refractivity contribution in [3.63, 3.8) is 0 Å². The van der Waals surface area contributed by atoms with Gasteiger partial charge in [0.25, 0.3) is 0 Å². The number of carboxylic acids is 1. The fourth-order valence-electron chi connectivity index (χ4n) is 2.12. The van der Waals surface area contributed by atoms with Crippen LogP contribution in [0.5, 0.6) is 0 Å². The number of halogens is 1. The molecule has 1 saturated heterocycles. The molecule has 0 aliphatic carbocycles. The Morgan fingerprint density at radius 3 is 2.67 bits per heavy atom. The Hall–Kier alpha value is -1.06. The molecule has 1 aliphatic rings. The van der Waals surface area contributed by atoms with E-state index in [9.17, 15) is 9.90 Å². The molecular weight excluding hydrogens is 214 g/mol. The molecule has 0 bridgehead atoms. The van der Waals surface area contributed by atoms with Gasteiger partial charge in [0.2, 0.25) is 0 Å². The minimum Gasteiger partial charge on any atom is -0.550 e. The van der Waals surface area contributed by atoms with Gasteiger partial charge in [0.15, 0.2) is 0 Å². The summed E-state index contributed by atoms with van der Waals surface area (Å²) in [5.74, 6) is -1.34. The molecule has 0 amide bonds. The number of aliphatic carboxylic acids is 1. The van der Waals surface area contributed by atoms with Crippen LogP contribution >= 0.6 is 11.6 Å². The van der Waals surface area contributed by atoms with Crippen LogP contribution in [0.1, 0.15) is 18.0 Å². The van der Waals surface area contributed by atoms with Crippen LogP contribution in [-0.4, -0.2) is 12.5 Å². The Kier molecular flexibility index (Phi) is 2.93. The number of hydrogen-bond donors (Lipinski definition) is 1. The fraction of sp³-hybridized carbons (Fsp3) is 0.364. The number of hydrogen-bond acceptors (Lipinski definition) is 2. The first-order valence-corrected chi connectivity index (χ1v) is 5.36. The number of rotatable bonds is 2. The van der Waals surface area contributed by atoms with Gasteiger partial charge in [0.1, 0.15) is 6.04 Å². The van der Waals surface area contributed by atoms with Gasteiger partial charge in [0.05, 0.1) is 18.4 Å². The second-order valence-electron chi connectivity index (χ2n) is 3.82. The third-order valence-electron chi connectivity index (χ3n) is 2.89. The highest BCUT2D eigenvalue weighted by molar-refractivity contribution is 6.30. The highest BCUT2D eigenvalue weighted by Gasteiger charge is 2.32. The topological polar surface area (TPSA) is 56.7 Å². The standard InChI is InChI=1S/C11H12ClNO2/c12-8-3-1-7(2-4-8)10-9(11(14)15)5-6-13-10/h1-4,9-10,13H,5-6H2,(H,14,15)/t9-,10+/m0/s1. The summed E-state index contributed by atoms with van der Waals surface area (Å²) in [5.41, 5.74) is 1.01. The van der Waals surface area contributed by atoms with E-state index < -0.39 is 5.97 Å². The molecule has 2 atom stereocenters. The first-order valence-electron chi connectivity index (χ1n) is 4.98. The number of benzene rings is 1. The minimum atomic E-state index is -0.955. The monoisotopic (exact) mass is 225 g/mol. The minimum absolute atomic E-state index is 0.0210. The molecule has 1 fully saturated rings. The molecule has 1 aliphatic heterocycles. The molecule has 0 spiro atoms. The van der Waals surface area contributed by atoms with Gasteiger partial charge in [-0.2, -0.15) is 0 Å². The van der Waals surface area contributed by atoms with Crippen molar-refractivity contribution in [3.8, 4) is 0 Å². The number of carbonyl (C=O) groups is 1. The van der Waals surface area contributed by atoms with Crippen molar-refractivity contribution in [2.24, 2.45) is 5.92 Å². The lowest BCUT2D eigenvalue weighted by atomic mass is 9.94. The zero-order valence-electron chi connectivity index (χ0n) is 8.15. The van der Waals surface area contributed by atoms with Crippen molar-refractivity contribution in [1.29, 1.82) is 0 Å². The smallest absolute Gasteiger partial charge is 0.120 e. The SMILES string of the molecule is O=C([O-])[C@H]1CC[NH2+][C@@H]1c1ccc(Cl)cc1. The molecule has 1 aromatic rings. The van der Waals surface area contributed by atoms with Crippen LogP contribution in [0, 0.1) is 5.92 Å².